The van der Waals surface area contributed by atoms with Gasteiger partial charge in [-0.2, -0.15) is 0 Å². The zero-order valence-electron chi connectivity index (χ0n) is 39.5. The van der Waals surface area contributed by atoms with Gasteiger partial charge in [0.2, 0.25) is 0 Å². The average molecular weight is 1110 g/mol. The number of ether oxygens (including phenoxy) is 2. The summed E-state index contributed by atoms with van der Waals surface area (Å²) in [7, 11) is 0.628. The van der Waals surface area contributed by atoms with Crippen molar-refractivity contribution in [1.29, 1.82) is 0 Å². The van der Waals surface area contributed by atoms with E-state index in [4.69, 9.17) is 9.47 Å². The number of nitrogens with one attached hydrogen (secondary N) is 1. The Morgan fingerprint density at radius 3 is 1.11 bits per heavy atom. The Bertz CT molecular complexity index is 1300. The zero-order valence-corrected chi connectivity index (χ0v) is 45.2. The summed E-state index contributed by atoms with van der Waals surface area (Å²) >= 11 is 4.74. The first-order valence-electron chi connectivity index (χ1n) is 22.8. The van der Waals surface area contributed by atoms with Crippen LogP contribution in [0.5, 0.6) is 0 Å². The minimum atomic E-state index is 0. The molecule has 0 unspecified atom stereocenters. The standard InChI is InChI=1S/C21H28N2O.C14H14.C8H18N2O.4C2H6.CH4.2HI.V/c1-2-24-18-17-22-13-15-23(16-14-22)21(19-9-5-3-6-10-19)20-11-7-4-8-12-20;1-12(13-8-4-2-5-9-13)14-10-6-3-7-11-14;1-2-11-8-7-10-5-3-9-4-6-10;4*1-2;;;;/h3-12,21H,2,13-18H2,1H3;2-12H,1H3;9H,2-8H2,1H3;4*1-2H3;1H4;2*1H;/q;;;;;;;;;;+2/p-2. The Morgan fingerprint density at radius 2 is 0.803 bits per heavy atom. The molecule has 2 heterocycles. The summed E-state index contributed by atoms with van der Waals surface area (Å²) in [5.74, 6) is 0.484. The summed E-state index contributed by atoms with van der Waals surface area (Å²) in [5, 5.41) is 3.32. The molecule has 0 saturated carbocycles. The average Bonchev–Trinajstić information content (AvgIpc) is 3.34. The van der Waals surface area contributed by atoms with Crippen molar-refractivity contribution in [2.75, 3.05) is 91.9 Å². The number of halogens is 2. The molecule has 0 aromatic heterocycles. The number of hydrogen-bond acceptors (Lipinski definition) is 6. The Labute approximate surface area is 406 Å². The molecule has 0 aliphatic carbocycles. The maximum absolute atomic E-state index is 5.49. The third-order valence-corrected chi connectivity index (χ3v) is 9.32. The molecule has 2 aliphatic rings. The quantitative estimate of drug-likeness (QED) is 0.106. The van der Waals surface area contributed by atoms with E-state index in [0.29, 0.717) is 21.4 Å². The topological polar surface area (TPSA) is 40.2 Å². The van der Waals surface area contributed by atoms with Crippen LogP contribution < -0.4 is 5.32 Å². The second kappa shape index (κ2) is 48.1. The van der Waals surface area contributed by atoms with Gasteiger partial charge in [0.15, 0.2) is 0 Å². The van der Waals surface area contributed by atoms with E-state index in [0.717, 1.165) is 78.8 Å². The third-order valence-electron chi connectivity index (χ3n) is 9.32. The van der Waals surface area contributed by atoms with Crippen LogP contribution in [0.3, 0.4) is 0 Å². The number of piperazine rings is 2. The van der Waals surface area contributed by atoms with E-state index in [-0.39, 0.29) is 7.43 Å². The molecule has 9 heteroatoms. The number of nitrogens with zero attached hydrogens (tertiary/aromatic N) is 3. The van der Waals surface area contributed by atoms with Crippen LogP contribution in [-0.4, -0.2) is 107 Å². The van der Waals surface area contributed by atoms with Crippen LogP contribution >= 0.6 is 40.0 Å². The normalized spacial score (nSPS) is 13.2. The fourth-order valence-electron chi connectivity index (χ4n) is 6.42. The molecule has 4 aromatic carbocycles. The summed E-state index contributed by atoms with van der Waals surface area (Å²) < 4.78 is 10.8. The van der Waals surface area contributed by atoms with Crippen LogP contribution in [0.15, 0.2) is 121 Å². The van der Waals surface area contributed by atoms with Gasteiger partial charge in [0.25, 0.3) is 0 Å². The number of rotatable bonds is 13. The van der Waals surface area contributed by atoms with Crippen molar-refractivity contribution in [1.82, 2.24) is 20.0 Å². The van der Waals surface area contributed by atoms with Crippen molar-refractivity contribution in [3.8, 4) is 0 Å². The summed E-state index contributed by atoms with van der Waals surface area (Å²) in [6.45, 7) is 36.9. The Hall–Kier alpha value is -1.32. The molecule has 6 nitrogen and oxygen atoms in total. The van der Waals surface area contributed by atoms with E-state index >= 15 is 0 Å². The van der Waals surface area contributed by atoms with Crippen molar-refractivity contribution in [3.05, 3.63) is 144 Å². The van der Waals surface area contributed by atoms with Gasteiger partial charge in [-0.1, -0.05) is 191 Å². The zero-order chi connectivity index (χ0) is 45.1. The molecule has 6 rings (SSSR count). The summed E-state index contributed by atoms with van der Waals surface area (Å²) in [6, 6.07) is 43.3. The Morgan fingerprint density at radius 1 is 0.508 bits per heavy atom. The molecule has 1 N–H and O–H groups in total. The van der Waals surface area contributed by atoms with Crippen LogP contribution in [0.4, 0.5) is 0 Å². The van der Waals surface area contributed by atoms with Gasteiger partial charge in [0.05, 0.1) is 19.3 Å². The first-order chi connectivity index (χ1) is 29.6. The van der Waals surface area contributed by atoms with Gasteiger partial charge in [-0.05, 0) is 36.1 Å². The molecule has 0 amide bonds. The van der Waals surface area contributed by atoms with Gasteiger partial charge in [-0.15, -0.1) is 0 Å². The summed E-state index contributed by atoms with van der Waals surface area (Å²) in [6.07, 6.45) is 0. The second-order valence-corrected chi connectivity index (χ2v) is 24.5. The molecule has 2 fully saturated rings. The molecule has 0 radical (unpaired) electrons. The van der Waals surface area contributed by atoms with E-state index in [1.54, 1.807) is 0 Å². The van der Waals surface area contributed by atoms with Crippen molar-refractivity contribution in [3.63, 3.8) is 0 Å². The third kappa shape index (κ3) is 30.5. The van der Waals surface area contributed by atoms with E-state index < -0.39 is 0 Å². The predicted molar refractivity (Wildman–Crippen MR) is 286 cm³/mol. The van der Waals surface area contributed by atoms with Crippen LogP contribution in [0.2, 0.25) is 0 Å². The summed E-state index contributed by atoms with van der Waals surface area (Å²) in [4.78, 5) is 7.56. The second-order valence-electron chi connectivity index (χ2n) is 12.7. The molecule has 61 heavy (non-hydrogen) atoms. The fourth-order valence-corrected chi connectivity index (χ4v) is 6.42. The van der Waals surface area contributed by atoms with E-state index in [2.05, 4.69) is 195 Å². The van der Waals surface area contributed by atoms with Crippen LogP contribution in [0.25, 0.3) is 0 Å². The first kappa shape index (κ1) is 64.0. The van der Waals surface area contributed by atoms with E-state index in [9.17, 15) is 0 Å². The fraction of sp³-hybridized carbons (Fsp3) is 0.538. The van der Waals surface area contributed by atoms with Crippen LogP contribution in [0.1, 0.15) is 118 Å². The van der Waals surface area contributed by atoms with Gasteiger partial charge in [0, 0.05) is 84.6 Å². The molecule has 2 saturated heterocycles. The summed E-state index contributed by atoms with van der Waals surface area (Å²) in [5.41, 5.74) is 5.51. The van der Waals surface area contributed by atoms with Gasteiger partial charge < -0.3 is 14.8 Å². The van der Waals surface area contributed by atoms with Crippen molar-refractivity contribution >= 4 is 40.0 Å². The van der Waals surface area contributed by atoms with Crippen molar-refractivity contribution in [2.24, 2.45) is 0 Å². The maximum atomic E-state index is 5.49. The molecule has 0 atom stereocenters. The molecule has 2 aliphatic heterocycles. The van der Waals surface area contributed by atoms with Gasteiger partial charge in [-0.25, -0.2) is 0 Å². The Kier molecular flexibility index (Phi) is 50.5. The van der Waals surface area contributed by atoms with Crippen LogP contribution in [0, 0.1) is 0 Å². The number of benzene rings is 4. The monoisotopic (exact) mass is 1110 g/mol. The SMILES string of the molecule is C.CC.CC.CC.CC.CC(c1ccccc1)c1ccccc1.CCOCCN1CCN(C(c2ccccc2)c2ccccc2)CC1.CCOCCN1CCNCC1.[I][V][I]. The molecular formula is C52H88I2N4O2V. The minimum absolute atomic E-state index is 0. The van der Waals surface area contributed by atoms with E-state index in [1.807, 2.05) is 62.3 Å². The van der Waals surface area contributed by atoms with Gasteiger partial charge in [0.1, 0.15) is 0 Å². The van der Waals surface area contributed by atoms with Crippen LogP contribution in [-0.2, 0) is 18.9 Å². The molecule has 0 bridgehead atoms. The van der Waals surface area contributed by atoms with Gasteiger partial charge >= 0.3 is 49.4 Å². The van der Waals surface area contributed by atoms with E-state index in [1.165, 1.54) is 35.3 Å². The van der Waals surface area contributed by atoms with Crippen molar-refractivity contribution in [2.45, 2.75) is 95.5 Å². The molecular weight excluding hydrogens is 1020 g/mol. The molecule has 347 valence electrons. The van der Waals surface area contributed by atoms with Crippen molar-refractivity contribution < 1.29 is 18.9 Å². The predicted octanol–water partition coefficient (Wildman–Crippen LogP) is 13.7. The molecule has 0 spiro atoms. The van der Waals surface area contributed by atoms with Gasteiger partial charge in [-0.3, -0.25) is 14.7 Å². The first-order valence-corrected chi connectivity index (χ1v) is 31.8. The number of hydrogen-bond donors (Lipinski definition) is 1. The Balaban J connectivity index is -0.000000780. The molecule has 4 aromatic rings.